The van der Waals surface area contributed by atoms with Gasteiger partial charge in [0.15, 0.2) is 0 Å². The third-order valence-corrected chi connectivity index (χ3v) is 6.47. The van der Waals surface area contributed by atoms with E-state index in [1.807, 2.05) is 12.1 Å². The Kier molecular flexibility index (Phi) is 8.45. The number of rotatable bonds is 9. The van der Waals surface area contributed by atoms with Crippen LogP contribution < -0.4 is 0 Å². The minimum atomic E-state index is 0.868. The Hall–Kier alpha value is -1.76. The summed E-state index contributed by atoms with van der Waals surface area (Å²) >= 11 is 4.69. The first-order valence-electron chi connectivity index (χ1n) is 11.1. The van der Waals surface area contributed by atoms with Gasteiger partial charge in [0.25, 0.3) is 0 Å². The number of benzene rings is 2. The molecule has 148 valence electrons. The van der Waals surface area contributed by atoms with Gasteiger partial charge in [-0.15, -0.1) is 0 Å². The maximum atomic E-state index is 4.69. The molecule has 0 unspecified atom stereocenters. The second-order valence-corrected chi connectivity index (χ2v) is 8.51. The highest BCUT2D eigenvalue weighted by atomic mass is 32.1. The molecule has 2 aromatic rings. The van der Waals surface area contributed by atoms with Gasteiger partial charge in [0.05, 0.1) is 10.8 Å². The zero-order valence-corrected chi connectivity index (χ0v) is 18.0. The zero-order chi connectivity index (χ0) is 19.6. The molecular weight excluding hydrogens is 358 g/mol. The SMILES string of the molecule is CCCCCC1CCC(CCc2ccccc2-c2ccc(N=C=S)cc2)CC1. The van der Waals surface area contributed by atoms with E-state index in [9.17, 15) is 0 Å². The molecule has 1 nitrogen and oxygen atoms in total. The highest BCUT2D eigenvalue weighted by Gasteiger charge is 2.21. The summed E-state index contributed by atoms with van der Waals surface area (Å²) in [5.74, 6) is 1.92. The first kappa shape index (κ1) is 21.0. The van der Waals surface area contributed by atoms with Crippen molar-refractivity contribution in [3.8, 4) is 11.1 Å². The van der Waals surface area contributed by atoms with Crippen LogP contribution in [0.4, 0.5) is 5.69 Å². The van der Waals surface area contributed by atoms with Crippen molar-refractivity contribution in [1.82, 2.24) is 0 Å². The molecule has 0 spiro atoms. The fourth-order valence-corrected chi connectivity index (χ4v) is 4.75. The van der Waals surface area contributed by atoms with E-state index in [4.69, 9.17) is 12.2 Å². The molecule has 0 amide bonds. The van der Waals surface area contributed by atoms with Gasteiger partial charge in [-0.1, -0.05) is 94.7 Å². The Bertz CT molecular complexity index is 765. The number of aryl methyl sites for hydroxylation is 1. The molecule has 2 heteroatoms. The summed E-state index contributed by atoms with van der Waals surface area (Å²) in [6.45, 7) is 2.30. The lowest BCUT2D eigenvalue weighted by atomic mass is 9.77. The fraction of sp³-hybridized carbons (Fsp3) is 0.500. The Morgan fingerprint density at radius 2 is 1.57 bits per heavy atom. The molecule has 1 fully saturated rings. The van der Waals surface area contributed by atoms with Crippen molar-refractivity contribution in [3.05, 3.63) is 54.1 Å². The number of isothiocyanates is 1. The van der Waals surface area contributed by atoms with Gasteiger partial charge in [-0.3, -0.25) is 0 Å². The van der Waals surface area contributed by atoms with Crippen LogP contribution in [0.15, 0.2) is 53.5 Å². The van der Waals surface area contributed by atoms with Gasteiger partial charge < -0.3 is 0 Å². The molecule has 0 heterocycles. The molecule has 1 saturated carbocycles. The third-order valence-electron chi connectivity index (χ3n) is 6.37. The van der Waals surface area contributed by atoms with Crippen LogP contribution in [-0.2, 0) is 6.42 Å². The van der Waals surface area contributed by atoms with E-state index in [0.29, 0.717) is 0 Å². The minimum absolute atomic E-state index is 0.868. The largest absolute Gasteiger partial charge is 0.195 e. The predicted octanol–water partition coefficient (Wildman–Crippen LogP) is 8.41. The molecule has 0 aliphatic heterocycles. The number of aliphatic imine (C=N–C) groups is 1. The highest BCUT2D eigenvalue weighted by Crippen LogP contribution is 2.35. The van der Waals surface area contributed by atoms with Crippen molar-refractivity contribution in [2.75, 3.05) is 0 Å². The average Bonchev–Trinajstić information content (AvgIpc) is 2.74. The Balaban J connectivity index is 1.55. The van der Waals surface area contributed by atoms with Gasteiger partial charge in [0, 0.05) is 0 Å². The van der Waals surface area contributed by atoms with E-state index in [1.54, 1.807) is 0 Å². The molecule has 1 aliphatic rings. The summed E-state index contributed by atoms with van der Waals surface area (Å²) in [5, 5.41) is 2.44. The predicted molar refractivity (Wildman–Crippen MR) is 124 cm³/mol. The number of thiocarbonyl (C=S) groups is 1. The molecule has 0 saturated heterocycles. The van der Waals surface area contributed by atoms with E-state index in [1.165, 1.54) is 80.9 Å². The number of hydrogen-bond donors (Lipinski definition) is 0. The average molecular weight is 392 g/mol. The molecule has 0 atom stereocenters. The van der Waals surface area contributed by atoms with Crippen LogP contribution >= 0.6 is 12.2 Å². The molecular formula is C26H33NS. The zero-order valence-electron chi connectivity index (χ0n) is 17.2. The van der Waals surface area contributed by atoms with Crippen LogP contribution in [0, 0.1) is 11.8 Å². The van der Waals surface area contributed by atoms with E-state index in [0.717, 1.165) is 17.5 Å². The number of unbranched alkanes of at least 4 members (excludes halogenated alkanes) is 2. The maximum Gasteiger partial charge on any atom is 0.0739 e. The lowest BCUT2D eigenvalue weighted by molar-refractivity contribution is 0.249. The van der Waals surface area contributed by atoms with E-state index in [-0.39, 0.29) is 0 Å². The Morgan fingerprint density at radius 3 is 2.25 bits per heavy atom. The molecule has 0 N–H and O–H groups in total. The Labute approximate surface area is 176 Å². The second kappa shape index (κ2) is 11.3. The smallest absolute Gasteiger partial charge is 0.0739 e. The summed E-state index contributed by atoms with van der Waals surface area (Å²) in [7, 11) is 0. The van der Waals surface area contributed by atoms with Gasteiger partial charge >= 0.3 is 0 Å². The molecule has 0 radical (unpaired) electrons. The summed E-state index contributed by atoms with van der Waals surface area (Å²) in [6.07, 6.45) is 13.9. The maximum absolute atomic E-state index is 4.69. The lowest BCUT2D eigenvalue weighted by Crippen LogP contribution is -2.15. The first-order valence-corrected chi connectivity index (χ1v) is 11.5. The van der Waals surface area contributed by atoms with E-state index >= 15 is 0 Å². The molecule has 1 aliphatic carbocycles. The van der Waals surface area contributed by atoms with Gasteiger partial charge in [0.2, 0.25) is 0 Å². The monoisotopic (exact) mass is 391 g/mol. The molecule has 28 heavy (non-hydrogen) atoms. The standard InChI is InChI=1S/C26H33NS/c1-2-3-4-7-21-10-12-22(13-11-21)14-15-23-8-5-6-9-26(23)24-16-18-25(19-17-24)27-20-28/h5-6,8-9,16-19,21-22H,2-4,7,10-15H2,1H3. The quantitative estimate of drug-likeness (QED) is 0.237. The van der Waals surface area contributed by atoms with Crippen molar-refractivity contribution in [1.29, 1.82) is 0 Å². The number of hydrogen-bond acceptors (Lipinski definition) is 2. The normalized spacial score (nSPS) is 19.2. The van der Waals surface area contributed by atoms with Crippen molar-refractivity contribution >= 4 is 23.1 Å². The second-order valence-electron chi connectivity index (χ2n) is 8.33. The minimum Gasteiger partial charge on any atom is -0.195 e. The first-order chi connectivity index (χ1) is 13.8. The van der Waals surface area contributed by atoms with Crippen molar-refractivity contribution in [2.24, 2.45) is 16.8 Å². The fourth-order valence-electron chi connectivity index (χ4n) is 4.64. The van der Waals surface area contributed by atoms with E-state index < -0.39 is 0 Å². The van der Waals surface area contributed by atoms with Gasteiger partial charge in [-0.2, -0.15) is 4.99 Å². The van der Waals surface area contributed by atoms with Crippen LogP contribution in [0.2, 0.25) is 0 Å². The van der Waals surface area contributed by atoms with Gasteiger partial charge in [-0.05, 0) is 65.7 Å². The van der Waals surface area contributed by atoms with Crippen LogP contribution in [0.25, 0.3) is 11.1 Å². The molecule has 3 rings (SSSR count). The highest BCUT2D eigenvalue weighted by molar-refractivity contribution is 7.78. The van der Waals surface area contributed by atoms with Crippen LogP contribution in [-0.4, -0.2) is 5.16 Å². The topological polar surface area (TPSA) is 12.4 Å². The lowest BCUT2D eigenvalue weighted by Gasteiger charge is -2.28. The van der Waals surface area contributed by atoms with Crippen molar-refractivity contribution < 1.29 is 0 Å². The summed E-state index contributed by atoms with van der Waals surface area (Å²) in [6, 6.07) is 17.2. The van der Waals surface area contributed by atoms with Crippen LogP contribution in [0.5, 0.6) is 0 Å². The summed E-state index contributed by atoms with van der Waals surface area (Å²) in [4.78, 5) is 4.06. The molecule has 0 bridgehead atoms. The van der Waals surface area contributed by atoms with Gasteiger partial charge in [0.1, 0.15) is 0 Å². The van der Waals surface area contributed by atoms with Crippen molar-refractivity contribution in [3.63, 3.8) is 0 Å². The number of nitrogens with zero attached hydrogens (tertiary/aromatic N) is 1. The summed E-state index contributed by atoms with van der Waals surface area (Å²) < 4.78 is 0. The van der Waals surface area contributed by atoms with E-state index in [2.05, 4.69) is 53.5 Å². The molecule has 2 aromatic carbocycles. The van der Waals surface area contributed by atoms with Crippen molar-refractivity contribution in [2.45, 2.75) is 71.1 Å². The van der Waals surface area contributed by atoms with Crippen LogP contribution in [0.1, 0.15) is 70.3 Å². The summed E-state index contributed by atoms with van der Waals surface area (Å²) in [5.41, 5.74) is 4.96. The Morgan fingerprint density at radius 1 is 0.893 bits per heavy atom. The van der Waals surface area contributed by atoms with Crippen LogP contribution in [0.3, 0.4) is 0 Å². The molecule has 0 aromatic heterocycles. The van der Waals surface area contributed by atoms with Gasteiger partial charge in [-0.25, -0.2) is 0 Å². The third kappa shape index (κ3) is 6.12.